The molecule has 2 aromatic carbocycles. The van der Waals surface area contributed by atoms with Gasteiger partial charge in [0.2, 0.25) is 5.75 Å². The van der Waals surface area contributed by atoms with Crippen LogP contribution in [0.5, 0.6) is 11.5 Å². The zero-order valence-corrected chi connectivity index (χ0v) is 11.6. The second-order valence-corrected chi connectivity index (χ2v) is 4.71. The van der Waals surface area contributed by atoms with Gasteiger partial charge in [-0.1, -0.05) is 28.1 Å². The molecular weight excluding hydrogens is 333 g/mol. The summed E-state index contributed by atoms with van der Waals surface area (Å²) in [5.41, 5.74) is 0.174. The summed E-state index contributed by atoms with van der Waals surface area (Å²) < 4.78 is 19.5. The predicted octanol–water partition coefficient (Wildman–Crippen LogP) is 3.78. The van der Waals surface area contributed by atoms with Gasteiger partial charge in [0.25, 0.3) is 0 Å². The van der Waals surface area contributed by atoms with Crippen molar-refractivity contribution < 1.29 is 19.2 Å². The molecule has 0 saturated carbocycles. The largest absolute Gasteiger partial charge is 0.447 e. The molecule has 2 aromatic rings. The molecule has 104 valence electrons. The molecule has 1 N–H and O–H groups in total. The zero-order chi connectivity index (χ0) is 14.7. The van der Waals surface area contributed by atoms with Crippen LogP contribution in [0.2, 0.25) is 0 Å². The summed E-state index contributed by atoms with van der Waals surface area (Å²) in [5, 5.41) is 19.9. The molecule has 5 nitrogen and oxygen atoms in total. The lowest BCUT2D eigenvalue weighted by molar-refractivity contribution is -0.385. The van der Waals surface area contributed by atoms with E-state index in [1.165, 1.54) is 18.2 Å². The topological polar surface area (TPSA) is 72.6 Å². The highest BCUT2D eigenvalue weighted by Crippen LogP contribution is 2.35. The Morgan fingerprint density at radius 1 is 1.35 bits per heavy atom. The lowest BCUT2D eigenvalue weighted by Crippen LogP contribution is -1.96. The highest BCUT2D eigenvalue weighted by atomic mass is 79.9. The van der Waals surface area contributed by atoms with E-state index in [4.69, 9.17) is 9.84 Å². The van der Waals surface area contributed by atoms with Crippen LogP contribution in [0.4, 0.5) is 10.1 Å². The fourth-order valence-electron chi connectivity index (χ4n) is 1.58. The van der Waals surface area contributed by atoms with Crippen LogP contribution in [-0.4, -0.2) is 10.0 Å². The average molecular weight is 342 g/mol. The third-order valence-corrected chi connectivity index (χ3v) is 3.30. The van der Waals surface area contributed by atoms with E-state index >= 15 is 0 Å². The summed E-state index contributed by atoms with van der Waals surface area (Å²) in [4.78, 5) is 10.1. The number of aliphatic hydroxyl groups is 1. The molecule has 0 unspecified atom stereocenters. The quantitative estimate of drug-likeness (QED) is 0.678. The second-order valence-electron chi connectivity index (χ2n) is 3.86. The molecule has 0 aliphatic rings. The van der Waals surface area contributed by atoms with E-state index in [0.29, 0.717) is 10.0 Å². The zero-order valence-electron chi connectivity index (χ0n) is 10.0. The monoisotopic (exact) mass is 341 g/mol. The van der Waals surface area contributed by atoms with E-state index in [-0.39, 0.29) is 12.4 Å². The molecule has 0 radical (unpaired) electrons. The summed E-state index contributed by atoms with van der Waals surface area (Å²) in [6.07, 6.45) is 0. The fourth-order valence-corrected chi connectivity index (χ4v) is 2.06. The van der Waals surface area contributed by atoms with E-state index in [1.807, 2.05) is 0 Å². The van der Waals surface area contributed by atoms with Gasteiger partial charge in [-0.25, -0.2) is 4.39 Å². The summed E-state index contributed by atoms with van der Waals surface area (Å²) in [5.74, 6) is -1.04. The Balaban J connectivity index is 2.39. The number of halogens is 2. The smallest absolute Gasteiger partial charge is 0.314 e. The Labute approximate surface area is 121 Å². The van der Waals surface area contributed by atoms with Crippen LogP contribution in [0, 0.1) is 15.9 Å². The van der Waals surface area contributed by atoms with Gasteiger partial charge >= 0.3 is 5.69 Å². The predicted molar refractivity (Wildman–Crippen MR) is 73.2 cm³/mol. The third kappa shape index (κ3) is 2.94. The first-order chi connectivity index (χ1) is 9.52. The SMILES string of the molecule is O=[N+]([O-])c1cccc(F)c1Oc1ccc(CO)c(Br)c1. The highest BCUT2D eigenvalue weighted by molar-refractivity contribution is 9.10. The Hall–Kier alpha value is -1.99. The molecule has 0 aromatic heterocycles. The summed E-state index contributed by atoms with van der Waals surface area (Å²) >= 11 is 3.22. The molecule has 7 heteroatoms. The number of ether oxygens (including phenoxy) is 1. The maximum Gasteiger partial charge on any atom is 0.314 e. The van der Waals surface area contributed by atoms with Crippen molar-refractivity contribution in [2.45, 2.75) is 6.61 Å². The van der Waals surface area contributed by atoms with Gasteiger partial charge in [0.05, 0.1) is 11.5 Å². The van der Waals surface area contributed by atoms with Crippen LogP contribution in [-0.2, 0) is 6.61 Å². The number of aliphatic hydroxyl groups excluding tert-OH is 1. The van der Waals surface area contributed by atoms with Gasteiger partial charge < -0.3 is 9.84 Å². The molecule has 0 fully saturated rings. The number of nitro benzene ring substituents is 1. The number of nitrogens with zero attached hydrogens (tertiary/aromatic N) is 1. The third-order valence-electron chi connectivity index (χ3n) is 2.56. The van der Waals surface area contributed by atoms with Crippen LogP contribution in [0.3, 0.4) is 0 Å². The number of rotatable bonds is 4. The van der Waals surface area contributed by atoms with E-state index in [0.717, 1.165) is 12.1 Å². The van der Waals surface area contributed by atoms with Crippen molar-refractivity contribution in [2.24, 2.45) is 0 Å². The fraction of sp³-hybridized carbons (Fsp3) is 0.0769. The summed E-state index contributed by atoms with van der Waals surface area (Å²) in [6, 6.07) is 8.06. The molecule has 0 saturated heterocycles. The van der Waals surface area contributed by atoms with Gasteiger partial charge in [-0.05, 0) is 23.8 Å². The summed E-state index contributed by atoms with van der Waals surface area (Å²) in [7, 11) is 0. The van der Waals surface area contributed by atoms with Gasteiger partial charge in [-0.15, -0.1) is 0 Å². The first-order valence-electron chi connectivity index (χ1n) is 5.53. The molecule has 0 heterocycles. The van der Waals surface area contributed by atoms with Crippen molar-refractivity contribution in [3.05, 3.63) is 62.4 Å². The van der Waals surface area contributed by atoms with Crippen LogP contribution >= 0.6 is 15.9 Å². The number of benzene rings is 2. The van der Waals surface area contributed by atoms with Crippen LogP contribution in [0.15, 0.2) is 40.9 Å². The normalized spacial score (nSPS) is 10.3. The Kier molecular flexibility index (Phi) is 4.31. The lowest BCUT2D eigenvalue weighted by atomic mass is 10.2. The van der Waals surface area contributed by atoms with Gasteiger partial charge in [0.1, 0.15) is 5.75 Å². The van der Waals surface area contributed by atoms with Gasteiger partial charge in [0, 0.05) is 10.5 Å². The van der Waals surface area contributed by atoms with E-state index in [2.05, 4.69) is 15.9 Å². The van der Waals surface area contributed by atoms with Gasteiger partial charge in [-0.3, -0.25) is 10.1 Å². The Morgan fingerprint density at radius 3 is 2.70 bits per heavy atom. The van der Waals surface area contributed by atoms with Gasteiger partial charge in [-0.2, -0.15) is 0 Å². The van der Waals surface area contributed by atoms with Crippen LogP contribution < -0.4 is 4.74 Å². The molecule has 0 bridgehead atoms. The molecule has 0 spiro atoms. The van der Waals surface area contributed by atoms with E-state index in [1.54, 1.807) is 6.07 Å². The second kappa shape index (κ2) is 5.98. The highest BCUT2D eigenvalue weighted by Gasteiger charge is 2.20. The molecule has 0 amide bonds. The molecular formula is C13H9BrFNO4. The minimum atomic E-state index is -0.818. The van der Waals surface area contributed by atoms with Crippen LogP contribution in [0.1, 0.15) is 5.56 Å². The first-order valence-corrected chi connectivity index (χ1v) is 6.32. The lowest BCUT2D eigenvalue weighted by Gasteiger charge is -2.09. The summed E-state index contributed by atoms with van der Waals surface area (Å²) in [6.45, 7) is -0.166. The number of hydrogen-bond donors (Lipinski definition) is 1. The first kappa shape index (κ1) is 14.4. The van der Waals surface area contributed by atoms with Crippen molar-refractivity contribution in [1.29, 1.82) is 0 Å². The van der Waals surface area contributed by atoms with Crippen molar-refractivity contribution >= 4 is 21.6 Å². The van der Waals surface area contributed by atoms with Gasteiger partial charge in [0.15, 0.2) is 5.82 Å². The number of hydrogen-bond acceptors (Lipinski definition) is 4. The van der Waals surface area contributed by atoms with E-state index in [9.17, 15) is 14.5 Å². The molecule has 20 heavy (non-hydrogen) atoms. The molecule has 0 aliphatic heterocycles. The Bertz CT molecular complexity index is 663. The Morgan fingerprint density at radius 2 is 2.10 bits per heavy atom. The molecule has 2 rings (SSSR count). The molecule has 0 atom stereocenters. The maximum atomic E-state index is 13.7. The standard InChI is InChI=1S/C13H9BrFNO4/c14-10-6-9(5-4-8(10)7-17)20-13-11(15)2-1-3-12(13)16(18)19/h1-6,17H,7H2. The van der Waals surface area contributed by atoms with E-state index < -0.39 is 22.2 Å². The van der Waals surface area contributed by atoms with Crippen molar-refractivity contribution in [3.8, 4) is 11.5 Å². The number of para-hydroxylation sites is 1. The average Bonchev–Trinajstić information content (AvgIpc) is 2.41. The van der Waals surface area contributed by atoms with Crippen molar-refractivity contribution in [1.82, 2.24) is 0 Å². The van der Waals surface area contributed by atoms with Crippen LogP contribution in [0.25, 0.3) is 0 Å². The number of nitro groups is 1. The minimum absolute atomic E-state index is 0.166. The van der Waals surface area contributed by atoms with Crippen molar-refractivity contribution in [2.75, 3.05) is 0 Å². The van der Waals surface area contributed by atoms with Crippen molar-refractivity contribution in [3.63, 3.8) is 0 Å². The maximum absolute atomic E-state index is 13.7. The minimum Gasteiger partial charge on any atom is -0.447 e. The molecule has 0 aliphatic carbocycles.